The van der Waals surface area contributed by atoms with Crippen LogP contribution >= 0.6 is 39.1 Å². The first kappa shape index (κ1) is 13.7. The average molecular weight is 349 g/mol. The van der Waals surface area contributed by atoms with E-state index >= 15 is 0 Å². The summed E-state index contributed by atoms with van der Waals surface area (Å²) in [6.45, 7) is 0.517. The molecule has 1 N–H and O–H groups in total. The number of rotatable bonds is 3. The highest BCUT2D eigenvalue weighted by Gasteiger charge is 2.04. The lowest BCUT2D eigenvalue weighted by Gasteiger charge is -2.10. The molecule has 0 unspecified atom stereocenters. The number of anilines is 1. The van der Waals surface area contributed by atoms with Crippen molar-refractivity contribution >= 4 is 44.8 Å². The molecule has 5 heteroatoms. The minimum atomic E-state index is -0.284. The van der Waals surface area contributed by atoms with Gasteiger partial charge in [0.15, 0.2) is 0 Å². The molecule has 0 aliphatic carbocycles. The molecular weight excluding hydrogens is 340 g/mol. The molecule has 0 aliphatic rings. The van der Waals surface area contributed by atoms with Crippen LogP contribution in [0.3, 0.4) is 0 Å². The molecule has 0 heterocycles. The fourth-order valence-corrected chi connectivity index (χ4v) is 2.37. The van der Waals surface area contributed by atoms with E-state index in [4.69, 9.17) is 23.2 Å². The summed E-state index contributed by atoms with van der Waals surface area (Å²) in [5, 5.41) is 4.45. The van der Waals surface area contributed by atoms with E-state index in [0.717, 1.165) is 11.3 Å². The van der Waals surface area contributed by atoms with Gasteiger partial charge in [-0.1, -0.05) is 23.2 Å². The van der Waals surface area contributed by atoms with E-state index in [-0.39, 0.29) is 5.82 Å². The molecule has 0 saturated carbocycles. The molecule has 2 rings (SSSR count). The number of hydrogen-bond donors (Lipinski definition) is 1. The van der Waals surface area contributed by atoms with E-state index in [1.165, 1.54) is 12.1 Å². The van der Waals surface area contributed by atoms with Crippen molar-refractivity contribution in [3.63, 3.8) is 0 Å². The van der Waals surface area contributed by atoms with Gasteiger partial charge in [-0.25, -0.2) is 4.39 Å². The van der Waals surface area contributed by atoms with Gasteiger partial charge in [-0.15, -0.1) is 0 Å². The molecule has 0 bridgehead atoms. The Morgan fingerprint density at radius 1 is 1.11 bits per heavy atom. The van der Waals surface area contributed by atoms with Crippen molar-refractivity contribution in [1.29, 1.82) is 0 Å². The van der Waals surface area contributed by atoms with Crippen LogP contribution in [0.1, 0.15) is 5.56 Å². The molecule has 0 amide bonds. The van der Waals surface area contributed by atoms with Crippen LogP contribution in [-0.2, 0) is 6.54 Å². The molecule has 1 nitrogen and oxygen atoms in total. The summed E-state index contributed by atoms with van der Waals surface area (Å²) in [5.41, 5.74) is 1.69. The van der Waals surface area contributed by atoms with Crippen LogP contribution in [0, 0.1) is 5.82 Å². The highest BCUT2D eigenvalue weighted by atomic mass is 79.9. The molecule has 0 fully saturated rings. The maximum Gasteiger partial charge on any atom is 0.124 e. The quantitative estimate of drug-likeness (QED) is 0.771. The van der Waals surface area contributed by atoms with Crippen molar-refractivity contribution in [3.05, 3.63) is 62.3 Å². The Kier molecular flexibility index (Phi) is 4.49. The molecule has 0 aliphatic heterocycles. The number of hydrogen-bond acceptors (Lipinski definition) is 1. The Hall–Kier alpha value is -0.770. The van der Waals surface area contributed by atoms with E-state index in [9.17, 15) is 4.39 Å². The van der Waals surface area contributed by atoms with Crippen LogP contribution in [-0.4, -0.2) is 0 Å². The van der Waals surface area contributed by atoms with E-state index in [2.05, 4.69) is 21.2 Å². The summed E-state index contributed by atoms with van der Waals surface area (Å²) in [6, 6.07) is 9.75. The van der Waals surface area contributed by atoms with E-state index < -0.39 is 0 Å². The zero-order valence-electron chi connectivity index (χ0n) is 9.18. The second-order valence-corrected chi connectivity index (χ2v) is 5.41. The Balaban J connectivity index is 2.13. The standard InChI is InChI=1S/C13H9BrCl2FN/c14-11-6-10(17)2-4-13(11)18-7-8-5-9(15)1-3-12(8)16/h1-6,18H,7H2. The van der Waals surface area contributed by atoms with Gasteiger partial charge < -0.3 is 5.32 Å². The summed E-state index contributed by atoms with van der Waals surface area (Å²) in [7, 11) is 0. The van der Waals surface area contributed by atoms with Crippen LogP contribution in [0.5, 0.6) is 0 Å². The van der Waals surface area contributed by atoms with Gasteiger partial charge in [0.05, 0.1) is 0 Å². The normalized spacial score (nSPS) is 10.4. The Morgan fingerprint density at radius 3 is 2.61 bits per heavy atom. The highest BCUT2D eigenvalue weighted by Crippen LogP contribution is 2.26. The van der Waals surface area contributed by atoms with Crippen molar-refractivity contribution in [1.82, 2.24) is 0 Å². The number of benzene rings is 2. The maximum atomic E-state index is 12.9. The zero-order chi connectivity index (χ0) is 13.1. The Morgan fingerprint density at radius 2 is 1.89 bits per heavy atom. The number of halogens is 4. The van der Waals surface area contributed by atoms with Gasteiger partial charge in [-0.3, -0.25) is 0 Å². The van der Waals surface area contributed by atoms with Crippen LogP contribution < -0.4 is 5.32 Å². The first-order valence-corrected chi connectivity index (χ1v) is 6.74. The minimum absolute atomic E-state index is 0.284. The van der Waals surface area contributed by atoms with Crippen LogP contribution in [0.15, 0.2) is 40.9 Å². The lowest BCUT2D eigenvalue weighted by atomic mass is 10.2. The van der Waals surface area contributed by atoms with Gasteiger partial charge in [-0.2, -0.15) is 0 Å². The maximum absolute atomic E-state index is 12.9. The molecule has 18 heavy (non-hydrogen) atoms. The van der Waals surface area contributed by atoms with E-state index in [1.54, 1.807) is 24.3 Å². The van der Waals surface area contributed by atoms with Gasteiger partial charge in [-0.05, 0) is 57.9 Å². The first-order valence-electron chi connectivity index (χ1n) is 5.19. The van der Waals surface area contributed by atoms with Crippen molar-refractivity contribution in [2.45, 2.75) is 6.54 Å². The fraction of sp³-hybridized carbons (Fsp3) is 0.0769. The number of nitrogens with one attached hydrogen (secondary N) is 1. The average Bonchev–Trinajstić information content (AvgIpc) is 2.32. The van der Waals surface area contributed by atoms with Gasteiger partial charge in [0.2, 0.25) is 0 Å². The van der Waals surface area contributed by atoms with Gasteiger partial charge in [0, 0.05) is 26.8 Å². The third-order valence-corrected chi connectivity index (χ3v) is 3.67. The molecule has 0 radical (unpaired) electrons. The smallest absolute Gasteiger partial charge is 0.124 e. The van der Waals surface area contributed by atoms with E-state index in [1.807, 2.05) is 0 Å². The van der Waals surface area contributed by atoms with Gasteiger partial charge >= 0.3 is 0 Å². The van der Waals surface area contributed by atoms with Crippen molar-refractivity contribution in [2.24, 2.45) is 0 Å². The predicted octanol–water partition coefficient (Wildman–Crippen LogP) is 5.51. The molecular formula is C13H9BrCl2FN. The topological polar surface area (TPSA) is 12.0 Å². The van der Waals surface area contributed by atoms with Crippen molar-refractivity contribution in [3.8, 4) is 0 Å². The monoisotopic (exact) mass is 347 g/mol. The molecule has 0 atom stereocenters. The summed E-state index contributed by atoms with van der Waals surface area (Å²) < 4.78 is 13.6. The molecule has 0 aromatic heterocycles. The third kappa shape index (κ3) is 3.37. The summed E-state index contributed by atoms with van der Waals surface area (Å²) in [4.78, 5) is 0. The van der Waals surface area contributed by atoms with E-state index in [0.29, 0.717) is 21.1 Å². The molecule has 2 aromatic rings. The Bertz CT molecular complexity index is 575. The molecule has 2 aromatic carbocycles. The van der Waals surface area contributed by atoms with Gasteiger partial charge in [0.1, 0.15) is 5.82 Å². The summed E-state index contributed by atoms with van der Waals surface area (Å²) >= 11 is 15.3. The third-order valence-electron chi connectivity index (χ3n) is 2.41. The lowest BCUT2D eigenvalue weighted by Crippen LogP contribution is -2.01. The molecule has 0 saturated heterocycles. The second-order valence-electron chi connectivity index (χ2n) is 3.71. The molecule has 0 spiro atoms. The summed E-state index contributed by atoms with van der Waals surface area (Å²) in [5.74, 6) is -0.284. The lowest BCUT2D eigenvalue weighted by molar-refractivity contribution is 0.627. The highest BCUT2D eigenvalue weighted by molar-refractivity contribution is 9.10. The predicted molar refractivity (Wildman–Crippen MR) is 77.9 cm³/mol. The SMILES string of the molecule is Fc1ccc(NCc2cc(Cl)ccc2Cl)c(Br)c1. The van der Waals surface area contributed by atoms with Crippen LogP contribution in [0.2, 0.25) is 10.0 Å². The van der Waals surface area contributed by atoms with Crippen molar-refractivity contribution < 1.29 is 4.39 Å². The van der Waals surface area contributed by atoms with Crippen LogP contribution in [0.4, 0.5) is 10.1 Å². The largest absolute Gasteiger partial charge is 0.380 e. The Labute approximate surface area is 123 Å². The molecule has 94 valence electrons. The minimum Gasteiger partial charge on any atom is -0.380 e. The zero-order valence-corrected chi connectivity index (χ0v) is 12.3. The second kappa shape index (κ2) is 5.91. The first-order chi connectivity index (χ1) is 8.56. The summed E-state index contributed by atoms with van der Waals surface area (Å²) in [6.07, 6.45) is 0. The fourth-order valence-electron chi connectivity index (χ4n) is 1.50. The van der Waals surface area contributed by atoms with Crippen molar-refractivity contribution in [2.75, 3.05) is 5.32 Å². The van der Waals surface area contributed by atoms with Crippen LogP contribution in [0.25, 0.3) is 0 Å². The van der Waals surface area contributed by atoms with Gasteiger partial charge in [0.25, 0.3) is 0 Å².